The second kappa shape index (κ2) is 8.11. The van der Waals surface area contributed by atoms with E-state index < -0.39 is 21.8 Å². The quantitative estimate of drug-likeness (QED) is 0.319. The molecule has 0 atom stereocenters. The number of amides is 2. The van der Waals surface area contributed by atoms with Crippen LogP contribution in [0.4, 0.5) is 11.4 Å². The lowest BCUT2D eigenvalue weighted by atomic mass is 9.87. The molecule has 1 aliphatic heterocycles. The van der Waals surface area contributed by atoms with Gasteiger partial charge in [0.15, 0.2) is 0 Å². The number of aryl methyl sites for hydroxylation is 1. The number of sulfonamides is 1. The van der Waals surface area contributed by atoms with E-state index in [-0.39, 0.29) is 37.8 Å². The number of fused-ring (bicyclic) bond motifs is 1. The second-order valence-electron chi connectivity index (χ2n) is 9.06. The number of rotatable bonds is 4. The van der Waals surface area contributed by atoms with E-state index >= 15 is 0 Å². The van der Waals surface area contributed by atoms with Crippen LogP contribution >= 0.6 is 11.6 Å². The molecule has 0 radical (unpaired) electrons. The fourth-order valence-electron chi connectivity index (χ4n) is 3.80. The smallest absolute Gasteiger partial charge is 0.268 e. The number of benzene rings is 2. The summed E-state index contributed by atoms with van der Waals surface area (Å²) in [6.07, 6.45) is 2.61. The maximum atomic E-state index is 13.3. The molecule has 0 unspecified atom stereocenters. The Morgan fingerprint density at radius 3 is 2.18 bits per heavy atom. The number of anilines is 2. The first-order chi connectivity index (χ1) is 15.8. The Labute approximate surface area is 202 Å². The SMILES string of the molecule is Cc1c[n+](O)ccc1N1C(=O)c2c(Cl)ccc(NS(=O)(=O)c3ccc(C(C)(C)C)cc3)c2C1=O. The van der Waals surface area contributed by atoms with Crippen molar-refractivity contribution in [3.8, 4) is 0 Å². The molecule has 0 saturated heterocycles. The van der Waals surface area contributed by atoms with Crippen molar-refractivity contribution < 1.29 is 27.9 Å². The van der Waals surface area contributed by atoms with Gasteiger partial charge in [-0.1, -0.05) is 44.5 Å². The van der Waals surface area contributed by atoms with Gasteiger partial charge in [-0.2, -0.15) is 0 Å². The highest BCUT2D eigenvalue weighted by molar-refractivity contribution is 7.92. The molecule has 2 N–H and O–H groups in total. The van der Waals surface area contributed by atoms with E-state index in [1.807, 2.05) is 20.8 Å². The van der Waals surface area contributed by atoms with Crippen molar-refractivity contribution in [2.45, 2.75) is 38.0 Å². The number of hydrogen-bond donors (Lipinski definition) is 2. The van der Waals surface area contributed by atoms with Crippen LogP contribution < -0.4 is 14.4 Å². The van der Waals surface area contributed by atoms with Crippen LogP contribution in [0.25, 0.3) is 0 Å². The number of halogens is 1. The van der Waals surface area contributed by atoms with Gasteiger partial charge in [-0.05, 0) is 42.2 Å². The topological polar surface area (TPSA) is 108 Å². The Morgan fingerprint density at radius 1 is 0.971 bits per heavy atom. The molecule has 34 heavy (non-hydrogen) atoms. The average molecular weight is 501 g/mol. The van der Waals surface area contributed by atoms with E-state index in [4.69, 9.17) is 11.6 Å². The zero-order valence-electron chi connectivity index (χ0n) is 19.0. The third-order valence-electron chi connectivity index (χ3n) is 5.62. The van der Waals surface area contributed by atoms with Gasteiger partial charge in [0.25, 0.3) is 21.8 Å². The highest BCUT2D eigenvalue weighted by Gasteiger charge is 2.42. The number of nitrogens with one attached hydrogen (secondary N) is 1. The summed E-state index contributed by atoms with van der Waals surface area (Å²) in [6.45, 7) is 7.69. The highest BCUT2D eigenvalue weighted by Crippen LogP contribution is 2.38. The summed E-state index contributed by atoms with van der Waals surface area (Å²) in [5.41, 5.74) is 1.26. The van der Waals surface area contributed by atoms with Crippen molar-refractivity contribution >= 4 is 44.8 Å². The number of carbonyl (C=O) groups excluding carboxylic acids is 2. The Kier molecular flexibility index (Phi) is 5.65. The fourth-order valence-corrected chi connectivity index (χ4v) is 5.11. The maximum Gasteiger partial charge on any atom is 0.268 e. The normalized spacial score (nSPS) is 13.9. The summed E-state index contributed by atoms with van der Waals surface area (Å²) in [7, 11) is -4.06. The number of pyridine rings is 1. The summed E-state index contributed by atoms with van der Waals surface area (Å²) in [4.78, 5) is 27.4. The van der Waals surface area contributed by atoms with Crippen LogP contribution in [-0.2, 0) is 15.4 Å². The summed E-state index contributed by atoms with van der Waals surface area (Å²) in [5.74, 6) is -1.40. The van der Waals surface area contributed by atoms with Crippen LogP contribution in [0.5, 0.6) is 0 Å². The molecule has 3 aromatic rings. The molecule has 0 aliphatic carbocycles. The van der Waals surface area contributed by atoms with Crippen LogP contribution in [-0.4, -0.2) is 25.4 Å². The van der Waals surface area contributed by atoms with Crippen molar-refractivity contribution in [3.63, 3.8) is 0 Å². The van der Waals surface area contributed by atoms with Gasteiger partial charge in [0.2, 0.25) is 12.4 Å². The van der Waals surface area contributed by atoms with Gasteiger partial charge in [0.05, 0.1) is 32.4 Å². The first kappa shape index (κ1) is 23.7. The molecule has 2 aromatic carbocycles. The predicted molar refractivity (Wildman–Crippen MR) is 127 cm³/mol. The largest absolute Gasteiger partial charge is 0.285 e. The van der Waals surface area contributed by atoms with E-state index in [9.17, 15) is 23.2 Å². The lowest BCUT2D eigenvalue weighted by Crippen LogP contribution is -2.34. The van der Waals surface area contributed by atoms with Crippen LogP contribution in [0, 0.1) is 6.92 Å². The first-order valence-electron chi connectivity index (χ1n) is 10.4. The van der Waals surface area contributed by atoms with Crippen LogP contribution in [0.3, 0.4) is 0 Å². The molecule has 10 heteroatoms. The minimum Gasteiger partial charge on any atom is -0.285 e. The van der Waals surface area contributed by atoms with E-state index in [1.54, 1.807) is 19.1 Å². The lowest BCUT2D eigenvalue weighted by Gasteiger charge is -2.19. The molecule has 0 bridgehead atoms. The van der Waals surface area contributed by atoms with E-state index in [1.165, 1.54) is 42.7 Å². The zero-order valence-corrected chi connectivity index (χ0v) is 20.5. The monoisotopic (exact) mass is 500 g/mol. The van der Waals surface area contributed by atoms with Gasteiger partial charge in [0, 0.05) is 16.4 Å². The van der Waals surface area contributed by atoms with Gasteiger partial charge in [-0.3, -0.25) is 19.5 Å². The number of nitrogens with zero attached hydrogens (tertiary/aromatic N) is 2. The molecule has 1 aromatic heterocycles. The summed E-state index contributed by atoms with van der Waals surface area (Å²) >= 11 is 6.25. The fraction of sp³-hybridized carbons (Fsp3) is 0.208. The van der Waals surface area contributed by atoms with Gasteiger partial charge in [-0.15, -0.1) is 0 Å². The van der Waals surface area contributed by atoms with Crippen LogP contribution in [0.15, 0.2) is 59.8 Å². The van der Waals surface area contributed by atoms with Crippen LogP contribution in [0.2, 0.25) is 5.02 Å². The highest BCUT2D eigenvalue weighted by atomic mass is 35.5. The van der Waals surface area contributed by atoms with Crippen molar-refractivity contribution in [1.82, 2.24) is 0 Å². The van der Waals surface area contributed by atoms with Crippen molar-refractivity contribution in [1.29, 1.82) is 0 Å². The van der Waals surface area contributed by atoms with E-state index in [0.717, 1.165) is 15.2 Å². The molecule has 1 aliphatic rings. The molecule has 0 spiro atoms. The standard InChI is InChI=1S/C24H22ClN3O5S/c1-14-13-27(31)12-11-19(14)28-22(29)20-17(25)9-10-18(21(20)23(28)30)26-34(32,33)16-7-5-15(6-8-16)24(2,3)4/h5-13H,1-4H3,(H-,26,30,31)/p+1. The molecule has 0 fully saturated rings. The van der Waals surface area contributed by atoms with Crippen LogP contribution in [0.1, 0.15) is 52.6 Å². The maximum absolute atomic E-state index is 13.3. The Balaban J connectivity index is 1.75. The lowest BCUT2D eigenvalue weighted by molar-refractivity contribution is -0.905. The molecule has 8 nitrogen and oxygen atoms in total. The van der Waals surface area contributed by atoms with Gasteiger partial charge >= 0.3 is 0 Å². The molecule has 176 valence electrons. The van der Waals surface area contributed by atoms with Crippen molar-refractivity contribution in [2.24, 2.45) is 0 Å². The third kappa shape index (κ3) is 4.01. The van der Waals surface area contributed by atoms with E-state index in [0.29, 0.717) is 5.56 Å². The number of imide groups is 1. The van der Waals surface area contributed by atoms with Gasteiger partial charge in [-0.25, -0.2) is 13.3 Å². The molecule has 0 saturated carbocycles. The Hall–Kier alpha value is -3.43. The minimum absolute atomic E-state index is 0.0178. The molecule has 2 amide bonds. The minimum atomic E-state index is -4.06. The number of aromatic nitrogens is 1. The third-order valence-corrected chi connectivity index (χ3v) is 7.32. The Bertz CT molecular complexity index is 1440. The predicted octanol–water partition coefficient (Wildman–Crippen LogP) is 4.07. The van der Waals surface area contributed by atoms with E-state index in [2.05, 4.69) is 4.72 Å². The summed E-state index contributed by atoms with van der Waals surface area (Å²) in [6, 6.07) is 10.6. The first-order valence-corrected chi connectivity index (χ1v) is 12.2. The molecular weight excluding hydrogens is 478 g/mol. The number of carbonyl (C=O) groups is 2. The average Bonchev–Trinajstić information content (AvgIpc) is 3.01. The summed E-state index contributed by atoms with van der Waals surface area (Å²) in [5, 5.41) is 9.63. The Morgan fingerprint density at radius 2 is 1.59 bits per heavy atom. The number of hydrogen-bond acceptors (Lipinski definition) is 5. The van der Waals surface area contributed by atoms with Gasteiger partial charge in [0.1, 0.15) is 0 Å². The summed E-state index contributed by atoms with van der Waals surface area (Å²) < 4.78 is 29.4. The molecular formula is C24H23ClN3O5S+. The van der Waals surface area contributed by atoms with Crippen molar-refractivity contribution in [3.05, 3.63) is 82.1 Å². The molecule has 4 rings (SSSR count). The van der Waals surface area contributed by atoms with Crippen molar-refractivity contribution in [2.75, 3.05) is 9.62 Å². The van der Waals surface area contributed by atoms with Gasteiger partial charge < -0.3 is 0 Å². The zero-order chi connectivity index (χ0) is 25.0. The molecule has 2 heterocycles. The second-order valence-corrected chi connectivity index (χ2v) is 11.2.